The summed E-state index contributed by atoms with van der Waals surface area (Å²) in [6.07, 6.45) is 1.66. The SMILES string of the molecule is Cc1ccc(-c2noc(-c3cccc(-c4ccco4)c3)n2)cc1. The average Bonchev–Trinajstić information content (AvgIpc) is 3.28. The van der Waals surface area contributed by atoms with Crippen molar-refractivity contribution in [3.05, 3.63) is 72.5 Å². The van der Waals surface area contributed by atoms with E-state index in [4.69, 9.17) is 8.94 Å². The lowest BCUT2D eigenvalue weighted by molar-refractivity contribution is 0.432. The zero-order chi connectivity index (χ0) is 15.6. The van der Waals surface area contributed by atoms with E-state index in [0.717, 1.165) is 22.5 Å². The molecule has 2 aromatic heterocycles. The monoisotopic (exact) mass is 302 g/mol. The van der Waals surface area contributed by atoms with Crippen LogP contribution in [0.15, 0.2) is 75.9 Å². The third-order valence-electron chi connectivity index (χ3n) is 3.65. The third kappa shape index (κ3) is 2.66. The van der Waals surface area contributed by atoms with Gasteiger partial charge in [0.05, 0.1) is 6.26 Å². The largest absolute Gasteiger partial charge is 0.464 e. The van der Waals surface area contributed by atoms with Gasteiger partial charge in [-0.2, -0.15) is 4.98 Å². The topological polar surface area (TPSA) is 52.1 Å². The van der Waals surface area contributed by atoms with Crippen LogP contribution in [0.5, 0.6) is 0 Å². The van der Waals surface area contributed by atoms with Crippen LogP contribution < -0.4 is 0 Å². The van der Waals surface area contributed by atoms with Crippen LogP contribution in [-0.4, -0.2) is 10.1 Å². The van der Waals surface area contributed by atoms with Crippen molar-refractivity contribution in [2.45, 2.75) is 6.92 Å². The molecule has 0 amide bonds. The smallest absolute Gasteiger partial charge is 0.258 e. The molecule has 4 heteroatoms. The van der Waals surface area contributed by atoms with Gasteiger partial charge in [0, 0.05) is 16.7 Å². The van der Waals surface area contributed by atoms with E-state index in [1.165, 1.54) is 5.56 Å². The van der Waals surface area contributed by atoms with Gasteiger partial charge in [-0.15, -0.1) is 0 Å². The lowest BCUT2D eigenvalue weighted by Crippen LogP contribution is -1.82. The lowest BCUT2D eigenvalue weighted by atomic mass is 10.1. The molecule has 0 spiro atoms. The highest BCUT2D eigenvalue weighted by Crippen LogP contribution is 2.27. The van der Waals surface area contributed by atoms with Gasteiger partial charge in [-0.3, -0.25) is 0 Å². The van der Waals surface area contributed by atoms with Crippen molar-refractivity contribution < 1.29 is 8.94 Å². The molecular formula is C19H14N2O2. The van der Waals surface area contributed by atoms with Crippen LogP contribution in [0.4, 0.5) is 0 Å². The Balaban J connectivity index is 1.69. The van der Waals surface area contributed by atoms with Crippen molar-refractivity contribution in [1.29, 1.82) is 0 Å². The van der Waals surface area contributed by atoms with Crippen LogP contribution in [0.25, 0.3) is 34.2 Å². The van der Waals surface area contributed by atoms with Crippen molar-refractivity contribution in [3.63, 3.8) is 0 Å². The van der Waals surface area contributed by atoms with Crippen molar-refractivity contribution in [2.75, 3.05) is 0 Å². The van der Waals surface area contributed by atoms with E-state index < -0.39 is 0 Å². The van der Waals surface area contributed by atoms with Crippen LogP contribution in [0.1, 0.15) is 5.56 Å². The molecule has 0 saturated carbocycles. The summed E-state index contributed by atoms with van der Waals surface area (Å²) in [6.45, 7) is 2.05. The highest BCUT2D eigenvalue weighted by atomic mass is 16.5. The van der Waals surface area contributed by atoms with Gasteiger partial charge in [-0.25, -0.2) is 0 Å². The first kappa shape index (κ1) is 13.5. The highest BCUT2D eigenvalue weighted by molar-refractivity contribution is 5.67. The van der Waals surface area contributed by atoms with E-state index >= 15 is 0 Å². The molecule has 112 valence electrons. The van der Waals surface area contributed by atoms with E-state index in [2.05, 4.69) is 10.1 Å². The summed E-state index contributed by atoms with van der Waals surface area (Å²) in [5, 5.41) is 4.08. The second kappa shape index (κ2) is 5.57. The molecule has 2 heterocycles. The molecule has 0 atom stereocenters. The summed E-state index contributed by atoms with van der Waals surface area (Å²) in [7, 11) is 0. The number of furan rings is 1. The quantitative estimate of drug-likeness (QED) is 0.536. The minimum absolute atomic E-state index is 0.494. The molecule has 0 aliphatic carbocycles. The number of nitrogens with zero attached hydrogens (tertiary/aromatic N) is 2. The minimum Gasteiger partial charge on any atom is -0.464 e. The molecule has 0 unspecified atom stereocenters. The van der Waals surface area contributed by atoms with Crippen molar-refractivity contribution in [3.8, 4) is 34.2 Å². The first-order chi connectivity index (χ1) is 11.3. The molecule has 4 aromatic rings. The summed E-state index contributed by atoms with van der Waals surface area (Å²) in [5.74, 6) is 1.89. The molecule has 0 saturated heterocycles. The normalized spacial score (nSPS) is 10.8. The zero-order valence-electron chi connectivity index (χ0n) is 12.6. The molecule has 0 aliphatic rings. The third-order valence-corrected chi connectivity index (χ3v) is 3.65. The number of aromatic nitrogens is 2. The van der Waals surface area contributed by atoms with Crippen molar-refractivity contribution in [2.24, 2.45) is 0 Å². The second-order valence-corrected chi connectivity index (χ2v) is 5.35. The molecule has 0 radical (unpaired) electrons. The van der Waals surface area contributed by atoms with Crippen LogP contribution in [0.3, 0.4) is 0 Å². The minimum atomic E-state index is 0.494. The number of rotatable bonds is 3. The fourth-order valence-electron chi connectivity index (χ4n) is 2.41. The Morgan fingerprint density at radius 3 is 2.43 bits per heavy atom. The molecule has 0 bridgehead atoms. The van der Waals surface area contributed by atoms with Gasteiger partial charge in [0.2, 0.25) is 5.82 Å². The highest BCUT2D eigenvalue weighted by Gasteiger charge is 2.11. The molecule has 4 rings (SSSR count). The van der Waals surface area contributed by atoms with Gasteiger partial charge in [0.25, 0.3) is 5.89 Å². The molecule has 23 heavy (non-hydrogen) atoms. The standard InChI is InChI=1S/C19H14N2O2/c1-13-7-9-14(10-8-13)18-20-19(23-21-18)16-5-2-4-15(12-16)17-6-3-11-22-17/h2-12H,1H3. The Hall–Kier alpha value is -3.14. The summed E-state index contributed by atoms with van der Waals surface area (Å²) < 4.78 is 10.8. The molecule has 0 N–H and O–H groups in total. The fraction of sp³-hybridized carbons (Fsp3) is 0.0526. The number of aryl methyl sites for hydroxylation is 1. The Morgan fingerprint density at radius 1 is 0.826 bits per heavy atom. The van der Waals surface area contributed by atoms with Gasteiger partial charge in [-0.05, 0) is 31.2 Å². The predicted molar refractivity (Wildman–Crippen MR) is 87.6 cm³/mol. The van der Waals surface area contributed by atoms with E-state index in [1.807, 2.05) is 67.6 Å². The first-order valence-corrected chi connectivity index (χ1v) is 7.35. The maximum absolute atomic E-state index is 5.43. The van der Waals surface area contributed by atoms with E-state index in [1.54, 1.807) is 6.26 Å². The van der Waals surface area contributed by atoms with E-state index in [0.29, 0.717) is 11.7 Å². The molecule has 0 aliphatic heterocycles. The average molecular weight is 302 g/mol. The first-order valence-electron chi connectivity index (χ1n) is 7.35. The number of hydrogen-bond donors (Lipinski definition) is 0. The van der Waals surface area contributed by atoms with Crippen LogP contribution in [0, 0.1) is 6.92 Å². The maximum Gasteiger partial charge on any atom is 0.258 e. The fourth-order valence-corrected chi connectivity index (χ4v) is 2.41. The number of hydrogen-bond acceptors (Lipinski definition) is 4. The second-order valence-electron chi connectivity index (χ2n) is 5.35. The molecular weight excluding hydrogens is 288 g/mol. The van der Waals surface area contributed by atoms with Gasteiger partial charge < -0.3 is 8.94 Å². The summed E-state index contributed by atoms with van der Waals surface area (Å²) >= 11 is 0. The molecule has 2 aromatic carbocycles. The van der Waals surface area contributed by atoms with Crippen LogP contribution in [-0.2, 0) is 0 Å². The zero-order valence-corrected chi connectivity index (χ0v) is 12.6. The van der Waals surface area contributed by atoms with Gasteiger partial charge in [0.1, 0.15) is 5.76 Å². The maximum atomic E-state index is 5.43. The van der Waals surface area contributed by atoms with E-state index in [-0.39, 0.29) is 0 Å². The summed E-state index contributed by atoms with van der Waals surface area (Å²) in [4.78, 5) is 4.49. The Labute approximate surface area is 133 Å². The van der Waals surface area contributed by atoms with E-state index in [9.17, 15) is 0 Å². The summed E-state index contributed by atoms with van der Waals surface area (Å²) in [6, 6.07) is 19.7. The Kier molecular flexibility index (Phi) is 3.27. The van der Waals surface area contributed by atoms with Crippen molar-refractivity contribution in [1.82, 2.24) is 10.1 Å². The van der Waals surface area contributed by atoms with Crippen molar-refractivity contribution >= 4 is 0 Å². The van der Waals surface area contributed by atoms with Crippen LogP contribution in [0.2, 0.25) is 0 Å². The summed E-state index contributed by atoms with van der Waals surface area (Å²) in [5.41, 5.74) is 3.98. The van der Waals surface area contributed by atoms with Gasteiger partial charge in [0.15, 0.2) is 0 Å². The predicted octanol–water partition coefficient (Wildman–Crippen LogP) is 4.97. The molecule has 0 fully saturated rings. The van der Waals surface area contributed by atoms with Gasteiger partial charge in [-0.1, -0.05) is 47.1 Å². The lowest BCUT2D eigenvalue weighted by Gasteiger charge is -1.99. The number of benzene rings is 2. The Bertz CT molecular complexity index is 922. The van der Waals surface area contributed by atoms with Crippen LogP contribution >= 0.6 is 0 Å². The molecule has 4 nitrogen and oxygen atoms in total. The van der Waals surface area contributed by atoms with Gasteiger partial charge >= 0.3 is 0 Å². The Morgan fingerprint density at radius 2 is 1.65 bits per heavy atom.